The lowest BCUT2D eigenvalue weighted by Gasteiger charge is -2.34. The van der Waals surface area contributed by atoms with Crippen molar-refractivity contribution in [2.24, 2.45) is 5.92 Å². The maximum Gasteiger partial charge on any atom is 0.225 e. The highest BCUT2D eigenvalue weighted by atomic mass is 16.5. The molecule has 2 aliphatic heterocycles. The summed E-state index contributed by atoms with van der Waals surface area (Å²) in [6, 6.07) is 4.44. The fourth-order valence-electron chi connectivity index (χ4n) is 3.73. The van der Waals surface area contributed by atoms with Crippen LogP contribution in [0, 0.1) is 31.1 Å². The third-order valence-corrected chi connectivity index (χ3v) is 5.10. The number of piperidine rings is 1. The number of rotatable bonds is 3. The highest BCUT2D eigenvalue weighted by molar-refractivity contribution is 5.80. The molecule has 1 aromatic heterocycles. The van der Waals surface area contributed by atoms with Gasteiger partial charge in [-0.3, -0.25) is 4.79 Å². The molecule has 2 fully saturated rings. The van der Waals surface area contributed by atoms with Crippen molar-refractivity contribution >= 4 is 11.7 Å². The third-order valence-electron chi connectivity index (χ3n) is 5.10. The Balaban J connectivity index is 1.71. The van der Waals surface area contributed by atoms with Gasteiger partial charge < -0.3 is 15.0 Å². The number of hydrogen-bond donors (Lipinski definition) is 1. The zero-order valence-corrected chi connectivity index (χ0v) is 15.0. The van der Waals surface area contributed by atoms with E-state index in [1.165, 1.54) is 0 Å². The number of aryl methyl sites for hydroxylation is 2. The van der Waals surface area contributed by atoms with Gasteiger partial charge >= 0.3 is 0 Å². The summed E-state index contributed by atoms with van der Waals surface area (Å²) in [7, 11) is 0. The van der Waals surface area contributed by atoms with Gasteiger partial charge in [0.05, 0.1) is 11.5 Å². The fraction of sp³-hybridized carbons (Fsp3) is 0.632. The van der Waals surface area contributed by atoms with Gasteiger partial charge in [0.2, 0.25) is 5.91 Å². The normalized spacial score (nSPS) is 21.6. The largest absolute Gasteiger partial charge is 0.381 e. The molecule has 6 nitrogen and oxygen atoms in total. The number of carbonyl (C=O) groups is 1. The molecule has 0 bridgehead atoms. The first-order valence-electron chi connectivity index (χ1n) is 9.10. The monoisotopic (exact) mass is 342 g/mol. The van der Waals surface area contributed by atoms with E-state index in [4.69, 9.17) is 4.74 Å². The highest BCUT2D eigenvalue weighted by Crippen LogP contribution is 2.27. The van der Waals surface area contributed by atoms with Gasteiger partial charge in [0, 0.05) is 38.0 Å². The molecule has 1 aromatic rings. The van der Waals surface area contributed by atoms with Crippen molar-refractivity contribution < 1.29 is 9.53 Å². The Hall–Kier alpha value is -2.13. The second kappa shape index (κ2) is 7.83. The highest BCUT2D eigenvalue weighted by Gasteiger charge is 2.29. The molecule has 134 valence electrons. The van der Waals surface area contributed by atoms with Gasteiger partial charge in [0.1, 0.15) is 11.9 Å². The van der Waals surface area contributed by atoms with Crippen molar-refractivity contribution in [1.29, 1.82) is 5.26 Å². The molecule has 0 aromatic carbocycles. The van der Waals surface area contributed by atoms with E-state index < -0.39 is 0 Å². The van der Waals surface area contributed by atoms with Crippen LogP contribution >= 0.6 is 0 Å². The van der Waals surface area contributed by atoms with Gasteiger partial charge in [-0.05, 0) is 51.2 Å². The molecule has 0 saturated carbocycles. The molecule has 0 radical (unpaired) electrons. The van der Waals surface area contributed by atoms with E-state index in [0.717, 1.165) is 62.5 Å². The van der Waals surface area contributed by atoms with Crippen molar-refractivity contribution in [3.05, 3.63) is 22.9 Å². The number of hydrogen-bond acceptors (Lipinski definition) is 5. The molecule has 0 aliphatic carbocycles. The molecular weight excluding hydrogens is 316 g/mol. The lowest BCUT2D eigenvalue weighted by molar-refractivity contribution is -0.126. The van der Waals surface area contributed by atoms with Crippen LogP contribution in [0.2, 0.25) is 0 Å². The van der Waals surface area contributed by atoms with Crippen molar-refractivity contribution in [2.45, 2.75) is 45.6 Å². The van der Waals surface area contributed by atoms with Crippen LogP contribution in [0.1, 0.15) is 42.5 Å². The molecule has 1 unspecified atom stereocenters. The molecule has 1 atom stereocenters. The molecule has 1 N–H and O–H groups in total. The number of nitriles is 1. The fourth-order valence-corrected chi connectivity index (χ4v) is 3.73. The minimum atomic E-state index is -0.0502. The van der Waals surface area contributed by atoms with E-state index in [-0.39, 0.29) is 17.9 Å². The molecule has 2 aliphatic rings. The lowest BCUT2D eigenvalue weighted by Crippen LogP contribution is -2.47. The van der Waals surface area contributed by atoms with Crippen LogP contribution in [-0.4, -0.2) is 43.2 Å². The van der Waals surface area contributed by atoms with Crippen LogP contribution in [-0.2, 0) is 9.53 Å². The summed E-state index contributed by atoms with van der Waals surface area (Å²) >= 11 is 0. The van der Waals surface area contributed by atoms with Crippen molar-refractivity contribution in [3.63, 3.8) is 0 Å². The summed E-state index contributed by atoms with van der Waals surface area (Å²) in [4.78, 5) is 19.4. The number of carbonyl (C=O) groups excluding carboxylic acids is 1. The van der Waals surface area contributed by atoms with Gasteiger partial charge in [-0.15, -0.1) is 0 Å². The van der Waals surface area contributed by atoms with E-state index in [0.29, 0.717) is 12.1 Å². The maximum atomic E-state index is 12.7. The first kappa shape index (κ1) is 17.7. The number of nitrogens with one attached hydrogen (secondary N) is 1. The van der Waals surface area contributed by atoms with Crippen molar-refractivity contribution in [1.82, 2.24) is 10.3 Å². The van der Waals surface area contributed by atoms with Crippen LogP contribution in [0.5, 0.6) is 0 Å². The number of ether oxygens (including phenoxy) is 1. The molecule has 25 heavy (non-hydrogen) atoms. The Bertz CT molecular complexity index is 677. The second-order valence-electron chi connectivity index (χ2n) is 7.07. The quantitative estimate of drug-likeness (QED) is 0.910. The zero-order chi connectivity index (χ0) is 17.8. The van der Waals surface area contributed by atoms with Crippen LogP contribution < -0.4 is 10.2 Å². The Kier molecular flexibility index (Phi) is 5.54. The smallest absolute Gasteiger partial charge is 0.225 e. The van der Waals surface area contributed by atoms with E-state index in [9.17, 15) is 10.1 Å². The lowest BCUT2D eigenvalue weighted by atomic mass is 9.95. The number of pyridine rings is 1. The molecule has 2 saturated heterocycles. The number of nitrogens with zero attached hydrogens (tertiary/aromatic N) is 3. The van der Waals surface area contributed by atoms with Crippen LogP contribution in [0.3, 0.4) is 0 Å². The van der Waals surface area contributed by atoms with E-state index >= 15 is 0 Å². The van der Waals surface area contributed by atoms with Crippen LogP contribution in [0.4, 0.5) is 5.82 Å². The summed E-state index contributed by atoms with van der Waals surface area (Å²) in [6.07, 6.45) is 3.60. The molecule has 3 rings (SSSR count). The van der Waals surface area contributed by atoms with Crippen LogP contribution in [0.15, 0.2) is 6.07 Å². The van der Waals surface area contributed by atoms with Crippen molar-refractivity contribution in [2.75, 3.05) is 31.2 Å². The van der Waals surface area contributed by atoms with Gasteiger partial charge in [-0.25, -0.2) is 4.98 Å². The maximum absolute atomic E-state index is 12.7. The first-order valence-corrected chi connectivity index (χ1v) is 9.10. The van der Waals surface area contributed by atoms with E-state index in [2.05, 4.69) is 21.3 Å². The van der Waals surface area contributed by atoms with E-state index in [1.807, 2.05) is 19.9 Å². The molecular formula is C19H26N4O2. The minimum Gasteiger partial charge on any atom is -0.381 e. The molecule has 1 amide bonds. The predicted octanol–water partition coefficient (Wildman–Crippen LogP) is 2.08. The average Bonchev–Trinajstić information content (AvgIpc) is 2.62. The number of anilines is 1. The standard InChI is InChI=1S/C19H26N4O2/c1-13-10-14(2)21-18(17(13)11-20)23-7-3-4-15(12-23)19(24)22-16-5-8-25-9-6-16/h10,15-16H,3-9,12H2,1-2H3,(H,22,24). The summed E-state index contributed by atoms with van der Waals surface area (Å²) in [5.41, 5.74) is 2.47. The summed E-state index contributed by atoms with van der Waals surface area (Å²) in [5.74, 6) is 0.800. The van der Waals surface area contributed by atoms with E-state index in [1.54, 1.807) is 0 Å². The Morgan fingerprint density at radius 3 is 2.84 bits per heavy atom. The molecule has 0 spiro atoms. The first-order chi connectivity index (χ1) is 12.1. The second-order valence-corrected chi connectivity index (χ2v) is 7.07. The minimum absolute atomic E-state index is 0.0502. The zero-order valence-electron chi connectivity index (χ0n) is 15.0. The molecule has 6 heteroatoms. The summed E-state index contributed by atoms with van der Waals surface area (Å²) in [6.45, 7) is 6.79. The SMILES string of the molecule is Cc1cc(C)c(C#N)c(N2CCCC(C(=O)NC3CCOCC3)C2)n1. The topological polar surface area (TPSA) is 78.2 Å². The Labute approximate surface area is 149 Å². The summed E-state index contributed by atoms with van der Waals surface area (Å²) in [5, 5.41) is 12.7. The predicted molar refractivity (Wildman–Crippen MR) is 95.3 cm³/mol. The van der Waals surface area contributed by atoms with Gasteiger partial charge in [-0.1, -0.05) is 0 Å². The Morgan fingerprint density at radius 1 is 1.36 bits per heavy atom. The van der Waals surface area contributed by atoms with Gasteiger partial charge in [-0.2, -0.15) is 5.26 Å². The van der Waals surface area contributed by atoms with Gasteiger partial charge in [0.25, 0.3) is 0 Å². The molecule has 3 heterocycles. The number of aromatic nitrogens is 1. The van der Waals surface area contributed by atoms with Crippen molar-refractivity contribution in [3.8, 4) is 6.07 Å². The van der Waals surface area contributed by atoms with Gasteiger partial charge in [0.15, 0.2) is 0 Å². The summed E-state index contributed by atoms with van der Waals surface area (Å²) < 4.78 is 5.35. The number of amides is 1. The average molecular weight is 342 g/mol. The third kappa shape index (κ3) is 4.10. The van der Waals surface area contributed by atoms with Crippen LogP contribution in [0.25, 0.3) is 0 Å². The Morgan fingerprint density at radius 2 is 2.12 bits per heavy atom.